The molecule has 0 saturated carbocycles. The van der Waals surface area contributed by atoms with E-state index in [1.54, 1.807) is 0 Å². The summed E-state index contributed by atoms with van der Waals surface area (Å²) in [5, 5.41) is 8.34. The van der Waals surface area contributed by atoms with Crippen LogP contribution >= 0.6 is 0 Å². The van der Waals surface area contributed by atoms with E-state index in [0.717, 1.165) is 33.2 Å². The molecule has 272 valence electrons. The zero-order valence-corrected chi connectivity index (χ0v) is 32.2. The molecule has 12 rings (SSSR count). The fourth-order valence-electron chi connectivity index (χ4n) is 10.0. The lowest BCUT2D eigenvalue weighted by Crippen LogP contribution is -2.16. The molecule has 0 aliphatic heterocycles. The largest absolute Gasteiger partial charge is 0.277 e. The highest BCUT2D eigenvalue weighted by molar-refractivity contribution is 6.23. The van der Waals surface area contributed by atoms with Crippen molar-refractivity contribution in [2.45, 2.75) is 19.3 Å². The quantitative estimate of drug-likeness (QED) is 0.180. The van der Waals surface area contributed by atoms with Crippen molar-refractivity contribution in [3.63, 3.8) is 0 Å². The summed E-state index contributed by atoms with van der Waals surface area (Å²) < 4.78 is 2.33. The predicted molar refractivity (Wildman–Crippen MR) is 243 cm³/mol. The summed E-state index contributed by atoms with van der Waals surface area (Å²) in [5.74, 6) is 0.657. The second kappa shape index (κ2) is 12.3. The molecule has 0 unspecified atom stereocenters. The minimum atomic E-state index is -0.182. The molecule has 0 spiro atoms. The Morgan fingerprint density at radius 2 is 0.983 bits per heavy atom. The van der Waals surface area contributed by atoms with Crippen LogP contribution in [0.15, 0.2) is 188 Å². The predicted octanol–water partition coefficient (Wildman–Crippen LogP) is 14.3. The molecule has 3 nitrogen and oxygen atoms in total. The molecular weight excluding hydrogens is 703 g/mol. The summed E-state index contributed by atoms with van der Waals surface area (Å²) in [6.07, 6.45) is 0. The second-order valence-corrected chi connectivity index (χ2v) is 16.1. The molecule has 3 heteroatoms. The first-order valence-electron chi connectivity index (χ1n) is 20.1. The van der Waals surface area contributed by atoms with Crippen LogP contribution in [0.1, 0.15) is 25.0 Å². The summed E-state index contributed by atoms with van der Waals surface area (Å²) in [5.41, 5.74) is 15.1. The number of benzene rings is 9. The zero-order valence-electron chi connectivity index (χ0n) is 32.2. The van der Waals surface area contributed by atoms with Crippen molar-refractivity contribution in [3.8, 4) is 50.6 Å². The monoisotopic (exact) mass is 739 g/mol. The number of hydrogen-bond donors (Lipinski definition) is 0. The van der Waals surface area contributed by atoms with Gasteiger partial charge in [-0.2, -0.15) is 0 Å². The summed E-state index contributed by atoms with van der Waals surface area (Å²) >= 11 is 0. The lowest BCUT2D eigenvalue weighted by atomic mass is 9.78. The normalized spacial score (nSPS) is 13.1. The zero-order chi connectivity index (χ0) is 38.5. The van der Waals surface area contributed by atoms with Crippen LogP contribution in [-0.4, -0.2) is 14.5 Å². The van der Waals surface area contributed by atoms with Crippen LogP contribution in [0.4, 0.5) is 0 Å². The van der Waals surface area contributed by atoms with E-state index in [9.17, 15) is 0 Å². The highest BCUT2D eigenvalue weighted by Crippen LogP contribution is 2.53. The molecular formula is C55H37N3. The van der Waals surface area contributed by atoms with Crippen molar-refractivity contribution in [1.29, 1.82) is 0 Å². The Morgan fingerprint density at radius 3 is 1.83 bits per heavy atom. The van der Waals surface area contributed by atoms with Gasteiger partial charge in [0, 0.05) is 32.7 Å². The van der Waals surface area contributed by atoms with E-state index in [1.807, 2.05) is 0 Å². The van der Waals surface area contributed by atoms with Crippen LogP contribution in [0, 0.1) is 0 Å². The van der Waals surface area contributed by atoms with E-state index >= 15 is 0 Å². The Labute approximate surface area is 336 Å². The first-order chi connectivity index (χ1) is 28.5. The molecule has 1 aliphatic carbocycles. The van der Waals surface area contributed by atoms with Crippen molar-refractivity contribution in [2.24, 2.45) is 0 Å². The maximum Gasteiger partial charge on any atom is 0.235 e. The highest BCUT2D eigenvalue weighted by Gasteiger charge is 2.38. The van der Waals surface area contributed by atoms with Gasteiger partial charge in [-0.05, 0) is 72.6 Å². The lowest BCUT2D eigenvalue weighted by Gasteiger charge is -2.25. The second-order valence-electron chi connectivity index (χ2n) is 16.1. The molecule has 2 aromatic heterocycles. The third-order valence-corrected chi connectivity index (χ3v) is 12.6. The standard InChI is InChI=1S/C55H37N3/c1-55(2)47-26-9-7-19-41(47)42-22-12-23-43(51(42)55)44-24-13-25-46-50-40-18-6-4-15-35(40)32-33-49(50)58(53(44)46)54-56-48-27-10-8-20-45(48)52(57-54)37-30-28-36(29-31-37)39-21-11-16-34-14-3-5-17-38(34)39/h3-33H,1-2H3. The van der Waals surface area contributed by atoms with E-state index in [4.69, 9.17) is 9.97 Å². The molecule has 2 heterocycles. The van der Waals surface area contributed by atoms with Crippen molar-refractivity contribution in [1.82, 2.24) is 14.5 Å². The minimum Gasteiger partial charge on any atom is -0.277 e. The number of rotatable bonds is 4. The van der Waals surface area contributed by atoms with E-state index in [0.29, 0.717) is 5.95 Å². The molecule has 58 heavy (non-hydrogen) atoms. The van der Waals surface area contributed by atoms with E-state index in [1.165, 1.54) is 76.8 Å². The average molecular weight is 740 g/mol. The Morgan fingerprint density at radius 1 is 0.414 bits per heavy atom. The van der Waals surface area contributed by atoms with Crippen LogP contribution in [0.3, 0.4) is 0 Å². The van der Waals surface area contributed by atoms with E-state index in [-0.39, 0.29) is 5.41 Å². The molecule has 0 fully saturated rings. The van der Waals surface area contributed by atoms with Gasteiger partial charge in [0.2, 0.25) is 5.95 Å². The molecule has 0 amide bonds. The maximum absolute atomic E-state index is 5.57. The van der Waals surface area contributed by atoms with Crippen LogP contribution in [0.2, 0.25) is 0 Å². The van der Waals surface area contributed by atoms with Crippen molar-refractivity contribution in [3.05, 3.63) is 199 Å². The molecule has 0 bridgehead atoms. The first-order valence-corrected chi connectivity index (χ1v) is 20.1. The highest BCUT2D eigenvalue weighted by atomic mass is 15.2. The van der Waals surface area contributed by atoms with Gasteiger partial charge in [0.1, 0.15) is 0 Å². The Hall–Kier alpha value is -7.36. The molecule has 0 N–H and O–H groups in total. The van der Waals surface area contributed by atoms with Crippen molar-refractivity contribution in [2.75, 3.05) is 0 Å². The molecule has 0 saturated heterocycles. The Kier molecular flexibility index (Phi) is 6.98. The maximum atomic E-state index is 5.57. The van der Waals surface area contributed by atoms with Crippen LogP contribution in [-0.2, 0) is 5.41 Å². The summed E-state index contributed by atoms with van der Waals surface area (Å²) in [6, 6.07) is 68.2. The van der Waals surface area contributed by atoms with E-state index < -0.39 is 0 Å². The SMILES string of the molecule is CC1(C)c2ccccc2-c2cccc(-c3cccc4c5c6ccccc6ccc5n(-c5nc(-c6ccc(-c7cccc8ccccc78)cc6)c6ccccc6n5)c34)c21. The summed E-state index contributed by atoms with van der Waals surface area (Å²) in [6.45, 7) is 4.74. The molecule has 0 radical (unpaired) electrons. The van der Waals surface area contributed by atoms with Crippen LogP contribution in [0.5, 0.6) is 0 Å². The summed E-state index contributed by atoms with van der Waals surface area (Å²) in [7, 11) is 0. The van der Waals surface area contributed by atoms with Gasteiger partial charge < -0.3 is 0 Å². The molecule has 11 aromatic rings. The number of hydrogen-bond acceptors (Lipinski definition) is 2. The number of nitrogens with zero attached hydrogens (tertiary/aromatic N) is 3. The van der Waals surface area contributed by atoms with Gasteiger partial charge in [-0.25, -0.2) is 9.97 Å². The van der Waals surface area contributed by atoms with Gasteiger partial charge >= 0.3 is 0 Å². The van der Waals surface area contributed by atoms with Gasteiger partial charge in [0.25, 0.3) is 0 Å². The minimum absolute atomic E-state index is 0.182. The van der Waals surface area contributed by atoms with Gasteiger partial charge in [-0.15, -0.1) is 0 Å². The van der Waals surface area contributed by atoms with Gasteiger partial charge in [-0.3, -0.25) is 4.57 Å². The Balaban J connectivity index is 1.14. The van der Waals surface area contributed by atoms with Gasteiger partial charge in [-0.1, -0.05) is 190 Å². The Bertz CT molecular complexity index is 3470. The van der Waals surface area contributed by atoms with E-state index in [2.05, 4.69) is 206 Å². The van der Waals surface area contributed by atoms with Crippen LogP contribution in [0.25, 0.3) is 105 Å². The molecule has 1 aliphatic rings. The van der Waals surface area contributed by atoms with Crippen molar-refractivity contribution >= 4 is 54.3 Å². The number of para-hydroxylation sites is 2. The third-order valence-electron chi connectivity index (χ3n) is 12.6. The van der Waals surface area contributed by atoms with Crippen molar-refractivity contribution < 1.29 is 0 Å². The fourth-order valence-corrected chi connectivity index (χ4v) is 10.0. The summed E-state index contributed by atoms with van der Waals surface area (Å²) in [4.78, 5) is 11.0. The smallest absolute Gasteiger partial charge is 0.235 e. The molecule has 0 atom stereocenters. The topological polar surface area (TPSA) is 30.7 Å². The van der Waals surface area contributed by atoms with Gasteiger partial charge in [0.15, 0.2) is 0 Å². The number of aromatic nitrogens is 3. The first kappa shape index (κ1) is 32.8. The fraction of sp³-hybridized carbons (Fsp3) is 0.0545. The third kappa shape index (κ3) is 4.68. The molecule has 9 aromatic carbocycles. The van der Waals surface area contributed by atoms with Gasteiger partial charge in [0.05, 0.1) is 22.2 Å². The van der Waals surface area contributed by atoms with Crippen LogP contribution < -0.4 is 0 Å². The number of fused-ring (bicyclic) bond motifs is 10. The lowest BCUT2D eigenvalue weighted by molar-refractivity contribution is 0.662. The average Bonchev–Trinajstić information content (AvgIpc) is 3.75.